The van der Waals surface area contributed by atoms with Crippen molar-refractivity contribution < 1.29 is 29.3 Å². The summed E-state index contributed by atoms with van der Waals surface area (Å²) in [6.07, 6.45) is -0.00621. The normalized spacial score (nSPS) is 13.3. The smallest absolute Gasteiger partial charge is 0.335 e. The van der Waals surface area contributed by atoms with Crippen LogP contribution >= 0.6 is 0 Å². The van der Waals surface area contributed by atoms with E-state index < -0.39 is 18.2 Å². The predicted molar refractivity (Wildman–Crippen MR) is 87.9 cm³/mol. The molecule has 0 aliphatic heterocycles. The van der Waals surface area contributed by atoms with Crippen molar-refractivity contribution in [3.63, 3.8) is 0 Å². The maximum atomic E-state index is 11.5. The second-order valence-electron chi connectivity index (χ2n) is 5.71. The Morgan fingerprint density at radius 3 is 2.62 bits per heavy atom. The van der Waals surface area contributed by atoms with E-state index >= 15 is 0 Å². The monoisotopic (exact) mass is 338 g/mol. The molecular formula is C18H26O6. The Balaban J connectivity index is 2.72. The number of aliphatic hydroxyl groups excluding tert-OH is 3. The van der Waals surface area contributed by atoms with Crippen LogP contribution in [0.3, 0.4) is 0 Å². The van der Waals surface area contributed by atoms with Gasteiger partial charge in [0, 0.05) is 12.8 Å². The summed E-state index contributed by atoms with van der Waals surface area (Å²) >= 11 is 0. The Morgan fingerprint density at radius 1 is 1.38 bits per heavy atom. The topological polar surface area (TPSA) is 100 Å². The summed E-state index contributed by atoms with van der Waals surface area (Å²) in [6.45, 7) is 5.56. The van der Waals surface area contributed by atoms with Crippen molar-refractivity contribution in [2.75, 3.05) is 6.61 Å². The van der Waals surface area contributed by atoms with Crippen LogP contribution in [0.15, 0.2) is 33.9 Å². The lowest BCUT2D eigenvalue weighted by atomic mass is 9.97. The van der Waals surface area contributed by atoms with Gasteiger partial charge < -0.3 is 24.5 Å². The molecular weight excluding hydrogens is 312 g/mol. The van der Waals surface area contributed by atoms with Gasteiger partial charge in [0.15, 0.2) is 6.10 Å². The van der Waals surface area contributed by atoms with E-state index in [-0.39, 0.29) is 32.0 Å². The van der Waals surface area contributed by atoms with Crippen LogP contribution < -0.4 is 0 Å². The van der Waals surface area contributed by atoms with Crippen LogP contribution in [-0.4, -0.2) is 34.0 Å². The van der Waals surface area contributed by atoms with Gasteiger partial charge in [0.1, 0.15) is 24.2 Å². The molecule has 2 atom stereocenters. The van der Waals surface area contributed by atoms with Crippen LogP contribution in [0.5, 0.6) is 0 Å². The van der Waals surface area contributed by atoms with Crippen LogP contribution in [0.25, 0.3) is 0 Å². The molecule has 0 unspecified atom stereocenters. The Hall–Kier alpha value is -1.85. The highest BCUT2D eigenvalue weighted by Gasteiger charge is 2.19. The summed E-state index contributed by atoms with van der Waals surface area (Å²) in [5.41, 5.74) is 3.80. The molecule has 3 N–H and O–H groups in total. The zero-order chi connectivity index (χ0) is 18.1. The molecule has 0 radical (unpaired) electrons. The molecule has 1 heterocycles. The Morgan fingerprint density at radius 2 is 2.08 bits per heavy atom. The van der Waals surface area contributed by atoms with E-state index in [2.05, 4.69) is 5.73 Å². The summed E-state index contributed by atoms with van der Waals surface area (Å²) < 4.78 is 10.1. The number of rotatable bonds is 9. The first-order valence-corrected chi connectivity index (χ1v) is 8.05. The van der Waals surface area contributed by atoms with Gasteiger partial charge in [0.25, 0.3) is 0 Å². The molecule has 0 saturated heterocycles. The van der Waals surface area contributed by atoms with Crippen molar-refractivity contribution in [3.05, 3.63) is 41.0 Å². The molecule has 0 fully saturated rings. The van der Waals surface area contributed by atoms with E-state index in [1.165, 1.54) is 0 Å². The molecule has 1 rings (SSSR count). The maximum Gasteiger partial charge on any atom is 0.335 e. The minimum atomic E-state index is -1.22. The number of hydrogen-bond acceptors (Lipinski definition) is 6. The molecule has 0 amide bonds. The third-order valence-corrected chi connectivity index (χ3v) is 3.46. The minimum absolute atomic E-state index is 0.0899. The summed E-state index contributed by atoms with van der Waals surface area (Å²) in [7, 11) is 0. The lowest BCUT2D eigenvalue weighted by molar-refractivity contribution is -0.152. The molecule has 0 saturated carbocycles. The van der Waals surface area contributed by atoms with E-state index in [0.29, 0.717) is 11.5 Å². The molecule has 24 heavy (non-hydrogen) atoms. The molecule has 0 aliphatic carbocycles. The first-order chi connectivity index (χ1) is 11.4. The average molecular weight is 338 g/mol. The first kappa shape index (κ1) is 20.2. The number of esters is 1. The number of aliphatic hydroxyl groups is 3. The van der Waals surface area contributed by atoms with Gasteiger partial charge in [0.2, 0.25) is 0 Å². The van der Waals surface area contributed by atoms with Crippen LogP contribution in [-0.2, 0) is 16.1 Å². The van der Waals surface area contributed by atoms with Crippen molar-refractivity contribution in [2.45, 2.75) is 52.4 Å². The highest BCUT2D eigenvalue weighted by molar-refractivity contribution is 5.74. The fourth-order valence-corrected chi connectivity index (χ4v) is 2.07. The summed E-state index contributed by atoms with van der Waals surface area (Å²) in [5.74, 6) is 0.204. The second-order valence-corrected chi connectivity index (χ2v) is 5.71. The van der Waals surface area contributed by atoms with E-state index in [1.54, 1.807) is 25.1 Å². The van der Waals surface area contributed by atoms with Crippen molar-refractivity contribution in [2.24, 2.45) is 5.92 Å². The average Bonchev–Trinajstić information content (AvgIpc) is 3.02. The molecule has 134 valence electrons. The highest BCUT2D eigenvalue weighted by Crippen LogP contribution is 2.21. The van der Waals surface area contributed by atoms with E-state index in [9.17, 15) is 15.0 Å². The fraction of sp³-hybridized carbons (Fsp3) is 0.556. The predicted octanol–water partition coefficient (Wildman–Crippen LogP) is 2.25. The molecule has 0 bridgehead atoms. The Kier molecular flexibility index (Phi) is 8.50. The number of carbonyl (C=O) groups excluding carboxylic acids is 1. The standard InChI is InChI=1S/C18H26O6/c1-4-23-18(22)16(21)10-13(12(2)3)6-5-7-15(20)17-9-8-14(11-19)24-17/h5,8-9,12,15-16,19-21H,4,7,10-11H2,1-3H3/t6?,15-,16-/m1/s1. The third-order valence-electron chi connectivity index (χ3n) is 3.46. The van der Waals surface area contributed by atoms with Gasteiger partial charge in [-0.25, -0.2) is 4.79 Å². The molecule has 6 nitrogen and oxygen atoms in total. The van der Waals surface area contributed by atoms with Gasteiger partial charge in [-0.1, -0.05) is 13.8 Å². The van der Waals surface area contributed by atoms with Crippen molar-refractivity contribution in [1.82, 2.24) is 0 Å². The van der Waals surface area contributed by atoms with Crippen molar-refractivity contribution in [3.8, 4) is 0 Å². The van der Waals surface area contributed by atoms with Gasteiger partial charge in [-0.3, -0.25) is 0 Å². The van der Waals surface area contributed by atoms with Crippen LogP contribution in [0, 0.1) is 5.92 Å². The lowest BCUT2D eigenvalue weighted by Gasteiger charge is -2.13. The number of hydrogen-bond donors (Lipinski definition) is 3. The van der Waals surface area contributed by atoms with Gasteiger partial charge in [-0.15, -0.1) is 5.73 Å². The molecule has 1 aromatic rings. The highest BCUT2D eigenvalue weighted by atomic mass is 16.5. The Bertz CT molecular complexity index is 580. The molecule has 1 aromatic heterocycles. The summed E-state index contributed by atoms with van der Waals surface area (Å²) in [5, 5.41) is 28.8. The van der Waals surface area contributed by atoms with Gasteiger partial charge in [0.05, 0.1) is 6.61 Å². The lowest BCUT2D eigenvalue weighted by Crippen LogP contribution is -2.24. The van der Waals surface area contributed by atoms with Crippen molar-refractivity contribution >= 4 is 5.97 Å². The zero-order valence-corrected chi connectivity index (χ0v) is 14.4. The quantitative estimate of drug-likeness (QED) is 0.472. The Labute approximate surface area is 142 Å². The van der Waals surface area contributed by atoms with Crippen LogP contribution in [0.1, 0.15) is 51.2 Å². The second kappa shape index (κ2) is 10.1. The number of ether oxygens (including phenoxy) is 1. The largest absolute Gasteiger partial charge is 0.464 e. The summed E-state index contributed by atoms with van der Waals surface area (Å²) in [6, 6.07) is 3.22. The molecule has 6 heteroatoms. The van der Waals surface area contributed by atoms with Gasteiger partial charge in [-0.05, 0) is 36.6 Å². The zero-order valence-electron chi connectivity index (χ0n) is 14.4. The SMILES string of the molecule is CCOC(=O)[C@H](O)CC(=C=CC[C@@H](O)c1ccc(CO)o1)C(C)C. The number of furan rings is 1. The van der Waals surface area contributed by atoms with Gasteiger partial charge >= 0.3 is 5.97 Å². The molecule has 0 aromatic carbocycles. The van der Waals surface area contributed by atoms with E-state index in [4.69, 9.17) is 14.3 Å². The van der Waals surface area contributed by atoms with E-state index in [1.807, 2.05) is 13.8 Å². The molecule has 0 spiro atoms. The molecule has 0 aliphatic rings. The fourth-order valence-electron chi connectivity index (χ4n) is 2.07. The third kappa shape index (κ3) is 6.34. The van der Waals surface area contributed by atoms with Crippen LogP contribution in [0.4, 0.5) is 0 Å². The first-order valence-electron chi connectivity index (χ1n) is 8.05. The van der Waals surface area contributed by atoms with E-state index in [0.717, 1.165) is 5.57 Å². The van der Waals surface area contributed by atoms with Crippen LogP contribution in [0.2, 0.25) is 0 Å². The van der Waals surface area contributed by atoms with Gasteiger partial charge in [-0.2, -0.15) is 0 Å². The maximum absolute atomic E-state index is 11.5. The minimum Gasteiger partial charge on any atom is -0.464 e. The number of carbonyl (C=O) groups is 1. The van der Waals surface area contributed by atoms with Crippen molar-refractivity contribution in [1.29, 1.82) is 0 Å². The summed E-state index contributed by atoms with van der Waals surface area (Å²) in [4.78, 5) is 11.5.